The Hall–Kier alpha value is -1.03. The van der Waals surface area contributed by atoms with Gasteiger partial charge < -0.3 is 0 Å². The largest absolute Gasteiger partial charge is 0.240 e. The number of nitrogens with zero attached hydrogens (tertiary/aromatic N) is 1. The standard InChI is InChI=1S/C13H16N2O2S2/c14-7-5-11-1-3-13(4-2-11)19(16,17)15-9-12-6-8-18-10-12/h1-4,12,15H,5-6,8-10H2. The van der Waals surface area contributed by atoms with E-state index >= 15 is 0 Å². The van der Waals surface area contributed by atoms with E-state index in [9.17, 15) is 8.42 Å². The molecule has 19 heavy (non-hydrogen) atoms. The second-order valence-corrected chi connectivity index (χ2v) is 7.48. The molecule has 1 aliphatic heterocycles. The van der Waals surface area contributed by atoms with E-state index in [2.05, 4.69) is 4.72 Å². The molecule has 1 aliphatic rings. The number of thioether (sulfide) groups is 1. The first kappa shape index (κ1) is 14.4. The van der Waals surface area contributed by atoms with Gasteiger partial charge in [-0.15, -0.1) is 0 Å². The SMILES string of the molecule is N#CCc1ccc(S(=O)(=O)NCC2CCSC2)cc1. The van der Waals surface area contributed by atoms with Gasteiger partial charge in [0.2, 0.25) is 10.0 Å². The van der Waals surface area contributed by atoms with Crippen molar-refractivity contribution in [2.75, 3.05) is 18.1 Å². The van der Waals surface area contributed by atoms with Gasteiger partial charge in [-0.25, -0.2) is 13.1 Å². The Labute approximate surface area is 118 Å². The monoisotopic (exact) mass is 296 g/mol. The van der Waals surface area contributed by atoms with Crippen LogP contribution < -0.4 is 4.72 Å². The van der Waals surface area contributed by atoms with Gasteiger partial charge in [-0.2, -0.15) is 17.0 Å². The van der Waals surface area contributed by atoms with E-state index in [1.165, 1.54) is 0 Å². The molecule has 6 heteroatoms. The molecule has 1 saturated heterocycles. The van der Waals surface area contributed by atoms with Gasteiger partial charge in [-0.1, -0.05) is 12.1 Å². The molecule has 0 saturated carbocycles. The topological polar surface area (TPSA) is 70.0 Å². The first-order valence-corrected chi connectivity index (χ1v) is 8.79. The lowest BCUT2D eigenvalue weighted by molar-refractivity contribution is 0.546. The van der Waals surface area contributed by atoms with Crippen LogP contribution in [0.3, 0.4) is 0 Å². The lowest BCUT2D eigenvalue weighted by Crippen LogP contribution is -2.29. The van der Waals surface area contributed by atoms with Gasteiger partial charge in [0, 0.05) is 6.54 Å². The minimum atomic E-state index is -3.42. The summed E-state index contributed by atoms with van der Waals surface area (Å²) in [7, 11) is -3.42. The first-order valence-electron chi connectivity index (χ1n) is 6.15. The maximum atomic E-state index is 12.1. The summed E-state index contributed by atoms with van der Waals surface area (Å²) in [4.78, 5) is 0.264. The summed E-state index contributed by atoms with van der Waals surface area (Å²) in [6, 6.07) is 8.51. The van der Waals surface area contributed by atoms with Crippen LogP contribution in [0, 0.1) is 17.2 Å². The highest BCUT2D eigenvalue weighted by Gasteiger charge is 2.19. The van der Waals surface area contributed by atoms with Crippen molar-refractivity contribution in [2.24, 2.45) is 5.92 Å². The molecule has 1 aromatic carbocycles. The molecule has 0 bridgehead atoms. The lowest BCUT2D eigenvalue weighted by atomic mass is 10.1. The molecule has 2 rings (SSSR count). The molecular formula is C13H16N2O2S2. The molecule has 102 valence electrons. The number of benzene rings is 1. The highest BCUT2D eigenvalue weighted by molar-refractivity contribution is 7.99. The number of hydrogen-bond donors (Lipinski definition) is 1. The van der Waals surface area contributed by atoms with Gasteiger partial charge >= 0.3 is 0 Å². The normalized spacial score (nSPS) is 19.2. The maximum absolute atomic E-state index is 12.1. The van der Waals surface area contributed by atoms with E-state index in [1.54, 1.807) is 24.3 Å². The quantitative estimate of drug-likeness (QED) is 0.899. The minimum Gasteiger partial charge on any atom is -0.211 e. The van der Waals surface area contributed by atoms with Crippen LogP contribution in [-0.4, -0.2) is 26.5 Å². The Morgan fingerprint density at radius 2 is 2.11 bits per heavy atom. The van der Waals surface area contributed by atoms with Crippen LogP contribution >= 0.6 is 11.8 Å². The summed E-state index contributed by atoms with van der Waals surface area (Å²) in [5.74, 6) is 2.59. The van der Waals surface area contributed by atoms with E-state index in [1.807, 2.05) is 17.8 Å². The lowest BCUT2D eigenvalue weighted by Gasteiger charge is -2.11. The molecular weight excluding hydrogens is 280 g/mol. The van der Waals surface area contributed by atoms with Crippen molar-refractivity contribution >= 4 is 21.8 Å². The van der Waals surface area contributed by atoms with E-state index in [0.717, 1.165) is 23.5 Å². The molecule has 0 aliphatic carbocycles. The summed E-state index contributed by atoms with van der Waals surface area (Å²) >= 11 is 1.87. The summed E-state index contributed by atoms with van der Waals surface area (Å²) in [5, 5.41) is 8.57. The molecule has 1 fully saturated rings. The van der Waals surface area contributed by atoms with E-state index in [0.29, 0.717) is 18.9 Å². The molecule has 0 spiro atoms. The van der Waals surface area contributed by atoms with Crippen molar-refractivity contribution in [1.29, 1.82) is 5.26 Å². The Bertz CT molecular complexity index is 555. The Morgan fingerprint density at radius 1 is 1.37 bits per heavy atom. The predicted octanol–water partition coefficient (Wildman–Crippen LogP) is 1.78. The molecule has 4 nitrogen and oxygen atoms in total. The van der Waals surface area contributed by atoms with Crippen LogP contribution in [0.4, 0.5) is 0 Å². The fraction of sp³-hybridized carbons (Fsp3) is 0.462. The molecule has 1 atom stereocenters. The molecule has 1 aromatic rings. The van der Waals surface area contributed by atoms with Gasteiger partial charge in [0.15, 0.2) is 0 Å². The van der Waals surface area contributed by atoms with Crippen molar-refractivity contribution in [3.8, 4) is 6.07 Å². The Morgan fingerprint density at radius 3 is 2.68 bits per heavy atom. The van der Waals surface area contributed by atoms with E-state index in [-0.39, 0.29) is 4.90 Å². The zero-order chi connectivity index (χ0) is 13.7. The fourth-order valence-electron chi connectivity index (χ4n) is 1.93. The zero-order valence-corrected chi connectivity index (χ0v) is 12.1. The van der Waals surface area contributed by atoms with Crippen LogP contribution in [-0.2, 0) is 16.4 Å². The maximum Gasteiger partial charge on any atom is 0.240 e. The van der Waals surface area contributed by atoms with Crippen molar-refractivity contribution in [3.05, 3.63) is 29.8 Å². The third-order valence-electron chi connectivity index (χ3n) is 3.10. The van der Waals surface area contributed by atoms with E-state index < -0.39 is 10.0 Å². The van der Waals surface area contributed by atoms with Crippen LogP contribution in [0.25, 0.3) is 0 Å². The number of rotatable bonds is 5. The van der Waals surface area contributed by atoms with Crippen LogP contribution in [0.2, 0.25) is 0 Å². The molecule has 0 aromatic heterocycles. The number of nitrogens with one attached hydrogen (secondary N) is 1. The second-order valence-electron chi connectivity index (χ2n) is 4.56. The molecule has 0 radical (unpaired) electrons. The average Bonchev–Trinajstić information content (AvgIpc) is 2.91. The van der Waals surface area contributed by atoms with Gasteiger partial charge in [0.05, 0.1) is 17.4 Å². The second kappa shape index (κ2) is 6.42. The third kappa shape index (κ3) is 3.96. The summed E-state index contributed by atoms with van der Waals surface area (Å²) in [5.41, 5.74) is 0.827. The first-order chi connectivity index (χ1) is 9.12. The van der Waals surface area contributed by atoms with Gasteiger partial charge in [0.25, 0.3) is 0 Å². The summed E-state index contributed by atoms with van der Waals surface area (Å²) in [6.07, 6.45) is 1.38. The van der Waals surface area contributed by atoms with Gasteiger partial charge in [0.1, 0.15) is 0 Å². The average molecular weight is 296 g/mol. The highest BCUT2D eigenvalue weighted by Crippen LogP contribution is 2.23. The summed E-state index contributed by atoms with van der Waals surface area (Å²) in [6.45, 7) is 0.509. The molecule has 1 unspecified atom stereocenters. The van der Waals surface area contributed by atoms with Crippen LogP contribution in [0.5, 0.6) is 0 Å². The van der Waals surface area contributed by atoms with E-state index in [4.69, 9.17) is 5.26 Å². The van der Waals surface area contributed by atoms with Gasteiger partial charge in [-0.05, 0) is 41.5 Å². The number of nitriles is 1. The van der Waals surface area contributed by atoms with Crippen LogP contribution in [0.1, 0.15) is 12.0 Å². The van der Waals surface area contributed by atoms with Crippen molar-refractivity contribution in [1.82, 2.24) is 4.72 Å². The number of hydrogen-bond acceptors (Lipinski definition) is 4. The highest BCUT2D eigenvalue weighted by atomic mass is 32.2. The van der Waals surface area contributed by atoms with Gasteiger partial charge in [-0.3, -0.25) is 0 Å². The van der Waals surface area contributed by atoms with Crippen molar-refractivity contribution < 1.29 is 8.42 Å². The smallest absolute Gasteiger partial charge is 0.211 e. The zero-order valence-electron chi connectivity index (χ0n) is 10.5. The molecule has 0 amide bonds. The molecule has 1 heterocycles. The minimum absolute atomic E-state index is 0.264. The van der Waals surface area contributed by atoms with Crippen molar-refractivity contribution in [3.63, 3.8) is 0 Å². The third-order valence-corrected chi connectivity index (χ3v) is 5.77. The molecule has 1 N–H and O–H groups in total. The van der Waals surface area contributed by atoms with Crippen LogP contribution in [0.15, 0.2) is 29.2 Å². The Balaban J connectivity index is 2.00. The Kier molecular flexibility index (Phi) is 4.86. The predicted molar refractivity (Wildman–Crippen MR) is 76.4 cm³/mol. The summed E-state index contributed by atoms with van der Waals surface area (Å²) < 4.78 is 26.8. The fourth-order valence-corrected chi connectivity index (χ4v) is 4.33. The number of sulfonamides is 1. The van der Waals surface area contributed by atoms with Crippen molar-refractivity contribution in [2.45, 2.75) is 17.7 Å².